The third-order valence-corrected chi connectivity index (χ3v) is 5.48. The van der Waals surface area contributed by atoms with Crippen LogP contribution in [0.2, 0.25) is 0 Å². The van der Waals surface area contributed by atoms with Crippen LogP contribution in [0, 0.1) is 11.8 Å². The summed E-state index contributed by atoms with van der Waals surface area (Å²) < 4.78 is 30.4. The molecular formula is C23H18N2O4S. The van der Waals surface area contributed by atoms with E-state index in [1.807, 2.05) is 11.6 Å². The van der Waals surface area contributed by atoms with Crippen LogP contribution in [-0.4, -0.2) is 24.2 Å². The van der Waals surface area contributed by atoms with Gasteiger partial charge in [0, 0.05) is 18.9 Å². The van der Waals surface area contributed by atoms with E-state index in [2.05, 4.69) is 16.8 Å². The Morgan fingerprint density at radius 3 is 2.53 bits per heavy atom. The molecule has 7 heteroatoms. The molecule has 0 aliphatic carbocycles. The summed E-state index contributed by atoms with van der Waals surface area (Å²) in [5, 5.41) is 0.457. The second kappa shape index (κ2) is 7.65. The van der Waals surface area contributed by atoms with Crippen LogP contribution in [0.1, 0.15) is 16.8 Å². The molecule has 0 spiro atoms. The number of hydrogen-bond donors (Lipinski definition) is 0. The summed E-state index contributed by atoms with van der Waals surface area (Å²) in [5.74, 6) is 6.04. The summed E-state index contributed by atoms with van der Waals surface area (Å²) in [6.07, 6.45) is 5.98. The van der Waals surface area contributed by atoms with E-state index in [-0.39, 0.29) is 11.2 Å². The van der Waals surface area contributed by atoms with Gasteiger partial charge in [-0.1, -0.05) is 30.2 Å². The molecule has 2 aromatic heterocycles. The van der Waals surface area contributed by atoms with Gasteiger partial charge in [0.1, 0.15) is 17.5 Å². The number of sulfone groups is 1. The molecule has 0 N–H and O–H groups in total. The van der Waals surface area contributed by atoms with Gasteiger partial charge in [0.15, 0.2) is 15.3 Å². The Hall–Kier alpha value is -3.63. The maximum Gasteiger partial charge on any atom is 0.200 e. The molecule has 0 bridgehead atoms. The summed E-state index contributed by atoms with van der Waals surface area (Å²) >= 11 is 0. The van der Waals surface area contributed by atoms with Gasteiger partial charge in [0.25, 0.3) is 0 Å². The standard InChI is InChI=1S/C23H18N2O4S/c1-25-15-24-12-19(25)9-5-16-6-10-20-22(11-16)29-13-21(23(20)26)18-7-3-17(4-8-18)14-30(2,27)28/h3-4,6-8,10-13,15H,14H2,1-2H3. The van der Waals surface area contributed by atoms with E-state index in [9.17, 15) is 13.2 Å². The molecule has 2 aromatic carbocycles. The van der Waals surface area contributed by atoms with Gasteiger partial charge in [-0.3, -0.25) is 4.79 Å². The lowest BCUT2D eigenvalue weighted by Gasteiger charge is -2.05. The number of nitrogens with zero attached hydrogens (tertiary/aromatic N) is 2. The number of imidazole rings is 1. The zero-order valence-electron chi connectivity index (χ0n) is 16.4. The van der Waals surface area contributed by atoms with Crippen molar-refractivity contribution >= 4 is 20.8 Å². The quantitative estimate of drug-likeness (QED) is 0.478. The molecule has 0 fully saturated rings. The van der Waals surface area contributed by atoms with Crippen LogP contribution in [0.25, 0.3) is 22.1 Å². The fourth-order valence-corrected chi connectivity index (χ4v) is 3.90. The average Bonchev–Trinajstić information content (AvgIpc) is 3.11. The van der Waals surface area contributed by atoms with Crippen molar-refractivity contribution < 1.29 is 12.8 Å². The highest BCUT2D eigenvalue weighted by Gasteiger charge is 2.11. The van der Waals surface area contributed by atoms with Crippen LogP contribution in [0.4, 0.5) is 0 Å². The first-order chi connectivity index (χ1) is 14.3. The second-order valence-electron chi connectivity index (χ2n) is 7.10. The molecule has 0 saturated heterocycles. The molecule has 0 unspecified atom stereocenters. The molecule has 4 rings (SSSR count). The Bertz CT molecular complexity index is 1470. The number of hydrogen-bond acceptors (Lipinski definition) is 5. The zero-order chi connectivity index (χ0) is 21.3. The minimum absolute atomic E-state index is 0.0394. The number of fused-ring (bicyclic) bond motifs is 1. The molecule has 30 heavy (non-hydrogen) atoms. The van der Waals surface area contributed by atoms with Crippen molar-refractivity contribution in [3.8, 4) is 23.0 Å². The van der Waals surface area contributed by atoms with E-state index in [4.69, 9.17) is 4.42 Å². The van der Waals surface area contributed by atoms with Crippen LogP contribution in [0.3, 0.4) is 0 Å². The normalized spacial score (nSPS) is 11.3. The Morgan fingerprint density at radius 1 is 1.10 bits per heavy atom. The van der Waals surface area contributed by atoms with Crippen molar-refractivity contribution in [3.63, 3.8) is 0 Å². The third kappa shape index (κ3) is 4.19. The van der Waals surface area contributed by atoms with Crippen molar-refractivity contribution in [3.05, 3.63) is 88.3 Å². The van der Waals surface area contributed by atoms with Gasteiger partial charge in [0.05, 0.1) is 29.2 Å². The summed E-state index contributed by atoms with van der Waals surface area (Å²) in [5.41, 5.74) is 3.57. The molecule has 4 aromatic rings. The van der Waals surface area contributed by atoms with E-state index in [1.54, 1.807) is 55.0 Å². The molecule has 0 aliphatic heterocycles. The van der Waals surface area contributed by atoms with Crippen LogP contribution >= 0.6 is 0 Å². The number of aryl methyl sites for hydroxylation is 1. The minimum Gasteiger partial charge on any atom is -0.463 e. The van der Waals surface area contributed by atoms with Crippen molar-refractivity contribution in [2.45, 2.75) is 5.75 Å². The van der Waals surface area contributed by atoms with Crippen molar-refractivity contribution in [2.75, 3.05) is 6.26 Å². The lowest BCUT2D eigenvalue weighted by atomic mass is 10.0. The van der Waals surface area contributed by atoms with E-state index >= 15 is 0 Å². The molecule has 6 nitrogen and oxygen atoms in total. The van der Waals surface area contributed by atoms with Gasteiger partial charge in [-0.15, -0.1) is 0 Å². The highest BCUT2D eigenvalue weighted by atomic mass is 32.2. The molecule has 0 amide bonds. The molecule has 2 heterocycles. The maximum atomic E-state index is 12.9. The van der Waals surface area contributed by atoms with Crippen molar-refractivity contribution in [1.29, 1.82) is 0 Å². The Morgan fingerprint density at radius 2 is 1.87 bits per heavy atom. The van der Waals surface area contributed by atoms with Gasteiger partial charge in [0.2, 0.25) is 0 Å². The summed E-state index contributed by atoms with van der Waals surface area (Å²) in [6, 6.07) is 12.1. The molecule has 0 atom stereocenters. The van der Waals surface area contributed by atoms with E-state index in [0.717, 1.165) is 11.3 Å². The van der Waals surface area contributed by atoms with Crippen molar-refractivity contribution in [1.82, 2.24) is 9.55 Å². The number of rotatable bonds is 3. The van der Waals surface area contributed by atoms with Crippen LogP contribution in [0.15, 0.2) is 70.5 Å². The SMILES string of the molecule is Cn1cncc1C#Cc1ccc2c(=O)c(-c3ccc(CS(C)(=O)=O)cc3)coc2c1. The fourth-order valence-electron chi connectivity index (χ4n) is 3.10. The Balaban J connectivity index is 1.67. The molecule has 150 valence electrons. The number of aromatic nitrogens is 2. The van der Waals surface area contributed by atoms with E-state index in [1.165, 1.54) is 12.5 Å². The summed E-state index contributed by atoms with van der Waals surface area (Å²) in [6.45, 7) is 0. The average molecular weight is 418 g/mol. The van der Waals surface area contributed by atoms with Gasteiger partial charge in [-0.05, 0) is 35.2 Å². The predicted molar refractivity (Wildman–Crippen MR) is 116 cm³/mol. The number of benzene rings is 2. The molecular weight excluding hydrogens is 400 g/mol. The first kappa shape index (κ1) is 19.7. The van der Waals surface area contributed by atoms with Crippen LogP contribution in [0.5, 0.6) is 0 Å². The lowest BCUT2D eigenvalue weighted by Crippen LogP contribution is -2.05. The minimum atomic E-state index is -3.11. The first-order valence-corrected chi connectivity index (χ1v) is 11.2. The Labute approximate surface area is 173 Å². The van der Waals surface area contributed by atoms with Crippen LogP contribution < -0.4 is 5.43 Å². The monoisotopic (exact) mass is 418 g/mol. The fraction of sp³-hybridized carbons (Fsp3) is 0.130. The van der Waals surface area contributed by atoms with Gasteiger partial charge >= 0.3 is 0 Å². The lowest BCUT2D eigenvalue weighted by molar-refractivity contribution is 0.601. The van der Waals surface area contributed by atoms with E-state index < -0.39 is 9.84 Å². The first-order valence-electron chi connectivity index (χ1n) is 9.11. The zero-order valence-corrected chi connectivity index (χ0v) is 17.2. The Kier molecular flexibility index (Phi) is 5.02. The van der Waals surface area contributed by atoms with Crippen molar-refractivity contribution in [2.24, 2.45) is 7.05 Å². The highest BCUT2D eigenvalue weighted by molar-refractivity contribution is 7.89. The predicted octanol–water partition coefficient (Wildman–Crippen LogP) is 3.14. The molecule has 0 aliphatic rings. The van der Waals surface area contributed by atoms with E-state index in [0.29, 0.717) is 27.7 Å². The van der Waals surface area contributed by atoms with Gasteiger partial charge in [-0.2, -0.15) is 0 Å². The molecule has 0 radical (unpaired) electrons. The summed E-state index contributed by atoms with van der Waals surface area (Å²) in [7, 11) is -1.25. The maximum absolute atomic E-state index is 12.9. The second-order valence-corrected chi connectivity index (χ2v) is 9.24. The molecule has 0 saturated carbocycles. The highest BCUT2D eigenvalue weighted by Crippen LogP contribution is 2.21. The third-order valence-electron chi connectivity index (χ3n) is 4.62. The summed E-state index contributed by atoms with van der Waals surface area (Å²) in [4.78, 5) is 17.0. The van der Waals surface area contributed by atoms with Gasteiger partial charge < -0.3 is 8.98 Å². The topological polar surface area (TPSA) is 82.2 Å². The largest absolute Gasteiger partial charge is 0.463 e. The smallest absolute Gasteiger partial charge is 0.200 e. The van der Waals surface area contributed by atoms with Gasteiger partial charge in [-0.25, -0.2) is 13.4 Å². The van der Waals surface area contributed by atoms with Crippen LogP contribution in [-0.2, 0) is 22.6 Å².